The van der Waals surface area contributed by atoms with E-state index in [1.807, 2.05) is 7.05 Å². The van der Waals surface area contributed by atoms with Gasteiger partial charge < -0.3 is 4.90 Å². The first-order valence-electron chi connectivity index (χ1n) is 8.00. The van der Waals surface area contributed by atoms with Crippen LogP contribution >= 0.6 is 0 Å². The van der Waals surface area contributed by atoms with Crippen molar-refractivity contribution < 1.29 is 4.79 Å². The molecule has 0 saturated heterocycles. The first-order valence-corrected chi connectivity index (χ1v) is 8.00. The van der Waals surface area contributed by atoms with Crippen LogP contribution in [0.1, 0.15) is 78.1 Å². The molecule has 19 heavy (non-hydrogen) atoms. The largest absolute Gasteiger partial charge is 0.342 e. The van der Waals surface area contributed by atoms with E-state index in [0.29, 0.717) is 5.57 Å². The second-order valence-corrected chi connectivity index (χ2v) is 5.69. The van der Waals surface area contributed by atoms with Crippen LogP contribution in [0.15, 0.2) is 12.2 Å². The summed E-state index contributed by atoms with van der Waals surface area (Å²) in [6.07, 6.45) is 13.3. The molecule has 0 aliphatic heterocycles. The van der Waals surface area contributed by atoms with Crippen molar-refractivity contribution in [3.63, 3.8) is 0 Å². The van der Waals surface area contributed by atoms with Gasteiger partial charge in [0.25, 0.3) is 0 Å². The van der Waals surface area contributed by atoms with Crippen molar-refractivity contribution in [1.82, 2.24) is 4.90 Å². The zero-order valence-corrected chi connectivity index (χ0v) is 13.3. The molecule has 0 radical (unpaired) electrons. The minimum absolute atomic E-state index is 0.0796. The Bertz CT molecular complexity index is 248. The van der Waals surface area contributed by atoms with Gasteiger partial charge in [-0.05, 0) is 13.3 Å². The smallest absolute Gasteiger partial charge is 0.248 e. The summed E-state index contributed by atoms with van der Waals surface area (Å²) in [6, 6.07) is 0. The van der Waals surface area contributed by atoms with Crippen LogP contribution in [0, 0.1) is 0 Å². The number of nitrogens with zero attached hydrogens (tertiary/aromatic N) is 1. The summed E-state index contributed by atoms with van der Waals surface area (Å²) in [4.78, 5) is 13.3. The van der Waals surface area contributed by atoms with Crippen LogP contribution in [0.2, 0.25) is 0 Å². The molecule has 1 amide bonds. The minimum atomic E-state index is 0.0796. The van der Waals surface area contributed by atoms with Crippen molar-refractivity contribution >= 4 is 5.91 Å². The number of rotatable bonds is 12. The second kappa shape index (κ2) is 12.3. The molecular formula is C17H33NO. The first kappa shape index (κ1) is 18.2. The van der Waals surface area contributed by atoms with E-state index >= 15 is 0 Å². The predicted molar refractivity (Wildman–Crippen MR) is 84.3 cm³/mol. The lowest BCUT2D eigenvalue weighted by Crippen LogP contribution is -2.27. The van der Waals surface area contributed by atoms with Crippen LogP contribution in [0.25, 0.3) is 0 Å². The average molecular weight is 267 g/mol. The highest BCUT2D eigenvalue weighted by Crippen LogP contribution is 2.10. The van der Waals surface area contributed by atoms with Crippen molar-refractivity contribution in [3.8, 4) is 0 Å². The third-order valence-electron chi connectivity index (χ3n) is 3.56. The molecule has 0 aromatic rings. The molecule has 0 unspecified atom stereocenters. The lowest BCUT2D eigenvalue weighted by atomic mass is 10.1. The van der Waals surface area contributed by atoms with Gasteiger partial charge in [-0.25, -0.2) is 0 Å². The van der Waals surface area contributed by atoms with E-state index in [0.717, 1.165) is 13.0 Å². The molecule has 112 valence electrons. The normalized spacial score (nSPS) is 10.5. The number of amides is 1. The lowest BCUT2D eigenvalue weighted by molar-refractivity contribution is -0.125. The molecule has 0 spiro atoms. The molecule has 0 aliphatic carbocycles. The highest BCUT2D eigenvalue weighted by atomic mass is 16.2. The highest BCUT2D eigenvalue weighted by molar-refractivity contribution is 5.91. The first-order chi connectivity index (χ1) is 9.09. The van der Waals surface area contributed by atoms with E-state index in [-0.39, 0.29) is 5.91 Å². The van der Waals surface area contributed by atoms with E-state index in [2.05, 4.69) is 13.5 Å². The van der Waals surface area contributed by atoms with Crippen LogP contribution in [0.3, 0.4) is 0 Å². The maximum absolute atomic E-state index is 11.6. The van der Waals surface area contributed by atoms with Crippen molar-refractivity contribution in [3.05, 3.63) is 12.2 Å². The van der Waals surface area contributed by atoms with Gasteiger partial charge >= 0.3 is 0 Å². The maximum Gasteiger partial charge on any atom is 0.248 e. The summed E-state index contributed by atoms with van der Waals surface area (Å²) in [5, 5.41) is 0. The maximum atomic E-state index is 11.6. The molecule has 2 nitrogen and oxygen atoms in total. The number of carbonyl (C=O) groups is 1. The lowest BCUT2D eigenvalue weighted by Gasteiger charge is -2.16. The molecular weight excluding hydrogens is 234 g/mol. The molecule has 0 atom stereocenters. The number of hydrogen-bond donors (Lipinski definition) is 0. The SMILES string of the molecule is C=C(C)C(=O)N(C)CCCCCCCCCCCC. The average Bonchev–Trinajstić information content (AvgIpc) is 2.39. The quantitative estimate of drug-likeness (QED) is 0.362. The van der Waals surface area contributed by atoms with Crippen LogP contribution in [0.5, 0.6) is 0 Å². The van der Waals surface area contributed by atoms with Gasteiger partial charge in [0.2, 0.25) is 5.91 Å². The monoisotopic (exact) mass is 267 g/mol. The molecule has 0 heterocycles. The standard InChI is InChI=1S/C17H33NO/c1-5-6-7-8-9-10-11-12-13-14-15-18(4)17(19)16(2)3/h2,5-15H2,1,3-4H3. The van der Waals surface area contributed by atoms with E-state index in [1.165, 1.54) is 57.8 Å². The summed E-state index contributed by atoms with van der Waals surface area (Å²) in [7, 11) is 1.87. The van der Waals surface area contributed by atoms with E-state index in [9.17, 15) is 4.79 Å². The Balaban J connectivity index is 3.27. The van der Waals surface area contributed by atoms with Gasteiger partial charge in [-0.2, -0.15) is 0 Å². The summed E-state index contributed by atoms with van der Waals surface area (Å²) in [5.41, 5.74) is 0.634. The van der Waals surface area contributed by atoms with Gasteiger partial charge in [0.05, 0.1) is 0 Å². The van der Waals surface area contributed by atoms with Crippen LogP contribution in [-0.2, 0) is 4.79 Å². The molecule has 2 heteroatoms. The highest BCUT2D eigenvalue weighted by Gasteiger charge is 2.07. The summed E-state index contributed by atoms with van der Waals surface area (Å²) in [5.74, 6) is 0.0796. The molecule has 0 aliphatic rings. The molecule has 0 rings (SSSR count). The van der Waals surface area contributed by atoms with Crippen molar-refractivity contribution in [2.24, 2.45) is 0 Å². The van der Waals surface area contributed by atoms with Crippen molar-refractivity contribution in [2.75, 3.05) is 13.6 Å². The Hall–Kier alpha value is -0.790. The zero-order chi connectivity index (χ0) is 14.5. The van der Waals surface area contributed by atoms with Crippen LogP contribution < -0.4 is 0 Å². The van der Waals surface area contributed by atoms with E-state index < -0.39 is 0 Å². The third kappa shape index (κ3) is 10.8. The molecule has 0 bridgehead atoms. The van der Waals surface area contributed by atoms with E-state index in [1.54, 1.807) is 11.8 Å². The third-order valence-corrected chi connectivity index (χ3v) is 3.56. The Labute approximate surface area is 120 Å². The number of carbonyl (C=O) groups excluding carboxylic acids is 1. The van der Waals surface area contributed by atoms with Crippen molar-refractivity contribution in [2.45, 2.75) is 78.1 Å². The Morgan fingerprint density at radius 3 is 1.74 bits per heavy atom. The predicted octanol–water partition coefficient (Wildman–Crippen LogP) is 4.94. The van der Waals surface area contributed by atoms with Crippen LogP contribution in [0.4, 0.5) is 0 Å². The Morgan fingerprint density at radius 2 is 1.32 bits per heavy atom. The van der Waals surface area contributed by atoms with Gasteiger partial charge in [-0.1, -0.05) is 71.3 Å². The van der Waals surface area contributed by atoms with Gasteiger partial charge in [-0.3, -0.25) is 4.79 Å². The molecule has 0 aromatic heterocycles. The van der Waals surface area contributed by atoms with E-state index in [4.69, 9.17) is 0 Å². The zero-order valence-electron chi connectivity index (χ0n) is 13.3. The molecule has 0 fully saturated rings. The molecule has 0 aromatic carbocycles. The topological polar surface area (TPSA) is 20.3 Å². The molecule has 0 saturated carbocycles. The van der Waals surface area contributed by atoms with Gasteiger partial charge in [-0.15, -0.1) is 0 Å². The van der Waals surface area contributed by atoms with Gasteiger partial charge in [0.15, 0.2) is 0 Å². The van der Waals surface area contributed by atoms with Crippen LogP contribution in [-0.4, -0.2) is 24.4 Å². The summed E-state index contributed by atoms with van der Waals surface area (Å²) < 4.78 is 0. The summed E-state index contributed by atoms with van der Waals surface area (Å²) in [6.45, 7) is 8.58. The number of hydrogen-bond acceptors (Lipinski definition) is 1. The fraction of sp³-hybridized carbons (Fsp3) is 0.824. The Kier molecular flexibility index (Phi) is 11.7. The Morgan fingerprint density at radius 1 is 0.895 bits per heavy atom. The number of unbranched alkanes of at least 4 members (excludes halogenated alkanes) is 9. The fourth-order valence-electron chi connectivity index (χ4n) is 2.26. The number of likely N-dealkylation sites (N-methyl/N-ethyl adjacent to an activating group) is 1. The second-order valence-electron chi connectivity index (χ2n) is 5.69. The van der Waals surface area contributed by atoms with Crippen molar-refractivity contribution in [1.29, 1.82) is 0 Å². The van der Waals surface area contributed by atoms with Gasteiger partial charge in [0.1, 0.15) is 0 Å². The fourth-order valence-corrected chi connectivity index (χ4v) is 2.26. The molecule has 0 N–H and O–H groups in total. The summed E-state index contributed by atoms with van der Waals surface area (Å²) >= 11 is 0. The van der Waals surface area contributed by atoms with Gasteiger partial charge in [0, 0.05) is 19.2 Å². The minimum Gasteiger partial charge on any atom is -0.342 e.